The van der Waals surface area contributed by atoms with E-state index in [1.165, 1.54) is 0 Å². The Morgan fingerprint density at radius 3 is 1.60 bits per heavy atom. The first-order chi connectivity index (χ1) is 9.02. The maximum Gasteiger partial charge on any atom is 0.408 e. The van der Waals surface area contributed by atoms with Gasteiger partial charge in [0.2, 0.25) is 7.59 Å². The Kier molecular flexibility index (Phi) is 8.06. The number of hydrogen-bond donors (Lipinski definition) is 0. The minimum Gasteiger partial charge on any atom is -0.292 e. The summed E-state index contributed by atoms with van der Waals surface area (Å²) in [6.07, 6.45) is 2.79. The molecule has 1 aliphatic heterocycles. The van der Waals surface area contributed by atoms with Gasteiger partial charge in [0.05, 0.1) is 0 Å². The second-order valence-corrected chi connectivity index (χ2v) is 11.3. The lowest BCUT2D eigenvalue weighted by atomic mass is 10.2. The fourth-order valence-electron chi connectivity index (χ4n) is 1.63. The highest BCUT2D eigenvalue weighted by atomic mass is 35.6. The number of halogens is 6. The maximum atomic E-state index is 12.8. The zero-order valence-electron chi connectivity index (χ0n) is 10.3. The highest BCUT2D eigenvalue weighted by Crippen LogP contribution is 2.55. The minimum absolute atomic E-state index is 0.384. The van der Waals surface area contributed by atoms with Crippen molar-refractivity contribution in [1.82, 2.24) is 4.67 Å². The van der Waals surface area contributed by atoms with Gasteiger partial charge in [-0.1, -0.05) is 76.0 Å². The van der Waals surface area contributed by atoms with Gasteiger partial charge in [-0.3, -0.25) is 9.05 Å². The summed E-state index contributed by atoms with van der Waals surface area (Å²) >= 11 is 33.6. The molecule has 0 aromatic carbocycles. The predicted octanol–water partition coefficient (Wildman–Crippen LogP) is 5.35. The largest absolute Gasteiger partial charge is 0.408 e. The van der Waals surface area contributed by atoms with Crippen LogP contribution in [-0.4, -0.2) is 38.6 Å². The molecule has 0 aromatic heterocycles. The monoisotopic (exact) mass is 425 g/mol. The van der Waals surface area contributed by atoms with Gasteiger partial charge in [0.15, 0.2) is 0 Å². The Labute approximate surface area is 148 Å². The second kappa shape index (κ2) is 8.10. The van der Waals surface area contributed by atoms with Crippen molar-refractivity contribution in [3.8, 4) is 0 Å². The lowest BCUT2D eigenvalue weighted by Crippen LogP contribution is -2.31. The molecule has 4 nitrogen and oxygen atoms in total. The summed E-state index contributed by atoms with van der Waals surface area (Å²) in [5.41, 5.74) is 0. The van der Waals surface area contributed by atoms with Gasteiger partial charge in [-0.2, -0.15) is 0 Å². The van der Waals surface area contributed by atoms with Crippen LogP contribution in [0.1, 0.15) is 19.3 Å². The molecule has 0 amide bonds. The molecule has 0 radical (unpaired) electrons. The summed E-state index contributed by atoms with van der Waals surface area (Å²) in [6, 6.07) is 0. The van der Waals surface area contributed by atoms with E-state index in [1.807, 2.05) is 0 Å². The molecule has 0 bridgehead atoms. The summed E-state index contributed by atoms with van der Waals surface area (Å²) in [5, 5.41) is 0. The molecular weight excluding hydrogens is 414 g/mol. The van der Waals surface area contributed by atoms with Gasteiger partial charge in [-0.05, 0) is 12.8 Å². The van der Waals surface area contributed by atoms with Gasteiger partial charge >= 0.3 is 7.75 Å². The molecule has 0 saturated carbocycles. The Hall–Kier alpha value is 1.85. The topological polar surface area (TPSA) is 38.8 Å². The highest BCUT2D eigenvalue weighted by Gasteiger charge is 2.39. The third kappa shape index (κ3) is 7.92. The first-order valence-corrected chi connectivity index (χ1v) is 9.56. The first kappa shape index (κ1) is 19.9. The molecule has 0 unspecified atom stereocenters. The minimum atomic E-state index is -3.66. The second-order valence-electron chi connectivity index (χ2n) is 4.26. The average molecular weight is 428 g/mol. The van der Waals surface area contributed by atoms with Crippen LogP contribution < -0.4 is 0 Å². The van der Waals surface area contributed by atoms with E-state index in [0.29, 0.717) is 13.1 Å². The van der Waals surface area contributed by atoms with E-state index in [2.05, 4.69) is 0 Å². The van der Waals surface area contributed by atoms with E-state index in [1.54, 1.807) is 4.67 Å². The molecule has 120 valence electrons. The van der Waals surface area contributed by atoms with Crippen molar-refractivity contribution in [3.05, 3.63) is 0 Å². The first-order valence-electron chi connectivity index (χ1n) is 5.80. The normalized spacial score (nSPS) is 19.3. The van der Waals surface area contributed by atoms with Crippen LogP contribution in [0.5, 0.6) is 0 Å². The van der Waals surface area contributed by atoms with Crippen molar-refractivity contribution in [3.63, 3.8) is 0 Å². The number of rotatable bonds is 5. The molecule has 0 spiro atoms. The van der Waals surface area contributed by atoms with Crippen LogP contribution in [0.25, 0.3) is 0 Å². The lowest BCUT2D eigenvalue weighted by molar-refractivity contribution is 0.151. The fraction of sp³-hybridized carbons (Fsp3) is 1.00. The summed E-state index contributed by atoms with van der Waals surface area (Å²) in [7, 11) is -3.66. The molecule has 1 aliphatic rings. The molecule has 0 atom stereocenters. The molecule has 1 rings (SSSR count). The molecule has 20 heavy (non-hydrogen) atoms. The van der Waals surface area contributed by atoms with Crippen LogP contribution in [0.15, 0.2) is 0 Å². The van der Waals surface area contributed by atoms with E-state index in [-0.39, 0.29) is 13.2 Å². The zero-order chi connectivity index (χ0) is 15.4. The van der Waals surface area contributed by atoms with Crippen molar-refractivity contribution in [2.45, 2.75) is 26.8 Å². The van der Waals surface area contributed by atoms with E-state index in [4.69, 9.17) is 78.7 Å². The van der Waals surface area contributed by atoms with Crippen molar-refractivity contribution in [2.24, 2.45) is 0 Å². The number of alkyl halides is 6. The van der Waals surface area contributed by atoms with Crippen LogP contribution in [0, 0.1) is 0 Å². The Morgan fingerprint density at radius 2 is 1.25 bits per heavy atom. The Bertz CT molecular complexity index is 331. The van der Waals surface area contributed by atoms with Gasteiger partial charge < -0.3 is 0 Å². The lowest BCUT2D eigenvalue weighted by Gasteiger charge is -2.33. The summed E-state index contributed by atoms with van der Waals surface area (Å²) < 4.78 is 21.4. The van der Waals surface area contributed by atoms with E-state index in [0.717, 1.165) is 19.3 Å². The molecular formula is C9H14Cl6NO3P. The summed E-state index contributed by atoms with van der Waals surface area (Å²) in [4.78, 5) is 0. The van der Waals surface area contributed by atoms with Gasteiger partial charge in [0.25, 0.3) is 0 Å². The Morgan fingerprint density at radius 1 is 0.850 bits per heavy atom. The zero-order valence-corrected chi connectivity index (χ0v) is 15.8. The molecule has 11 heteroatoms. The SMILES string of the molecule is O=P(OCC(Cl)(Cl)Cl)(OCC(Cl)(Cl)Cl)N1CCCCC1. The van der Waals surface area contributed by atoms with Crippen LogP contribution in [0.4, 0.5) is 0 Å². The third-order valence-electron chi connectivity index (χ3n) is 2.46. The van der Waals surface area contributed by atoms with Crippen LogP contribution in [0.2, 0.25) is 0 Å². The van der Waals surface area contributed by atoms with Crippen LogP contribution in [-0.2, 0) is 13.6 Å². The van der Waals surface area contributed by atoms with Gasteiger partial charge in [0.1, 0.15) is 13.2 Å². The van der Waals surface area contributed by atoms with Crippen LogP contribution in [0.3, 0.4) is 0 Å². The van der Waals surface area contributed by atoms with Crippen molar-refractivity contribution >= 4 is 77.4 Å². The highest BCUT2D eigenvalue weighted by molar-refractivity contribution is 7.51. The van der Waals surface area contributed by atoms with Gasteiger partial charge in [-0.25, -0.2) is 9.24 Å². The molecule has 0 aliphatic carbocycles. The van der Waals surface area contributed by atoms with E-state index >= 15 is 0 Å². The maximum absolute atomic E-state index is 12.8. The van der Waals surface area contributed by atoms with Gasteiger partial charge in [-0.15, -0.1) is 0 Å². The van der Waals surface area contributed by atoms with E-state index in [9.17, 15) is 4.57 Å². The average Bonchev–Trinajstić information content (AvgIpc) is 2.33. The fourth-order valence-corrected chi connectivity index (χ4v) is 4.30. The molecule has 1 heterocycles. The molecule has 0 aromatic rings. The predicted molar refractivity (Wildman–Crippen MR) is 85.5 cm³/mol. The quantitative estimate of drug-likeness (QED) is 0.437. The number of nitrogens with zero attached hydrogens (tertiary/aromatic N) is 1. The molecule has 1 saturated heterocycles. The Balaban J connectivity index is 2.73. The van der Waals surface area contributed by atoms with Crippen LogP contribution >= 0.6 is 77.4 Å². The van der Waals surface area contributed by atoms with Crippen molar-refractivity contribution < 1.29 is 13.6 Å². The molecule has 0 N–H and O–H groups in total. The number of hydrogen-bond acceptors (Lipinski definition) is 3. The third-order valence-corrected chi connectivity index (χ3v) is 5.12. The van der Waals surface area contributed by atoms with Crippen molar-refractivity contribution in [1.29, 1.82) is 0 Å². The molecule has 1 fully saturated rings. The number of piperidine rings is 1. The summed E-state index contributed by atoms with van der Waals surface area (Å²) in [6.45, 7) is 0.338. The summed E-state index contributed by atoms with van der Waals surface area (Å²) in [5.74, 6) is 0. The standard InChI is InChI=1S/C9H14Cl6NO3P/c10-8(11,12)6-18-20(17,19-7-9(13,14)15)16-4-2-1-3-5-16/h1-7H2. The van der Waals surface area contributed by atoms with Gasteiger partial charge in [0, 0.05) is 13.1 Å². The van der Waals surface area contributed by atoms with E-state index < -0.39 is 15.3 Å². The smallest absolute Gasteiger partial charge is 0.292 e. The van der Waals surface area contributed by atoms with Crippen molar-refractivity contribution in [2.75, 3.05) is 26.3 Å².